The Kier molecular flexibility index (Phi) is 2.80. The second-order valence-electron chi connectivity index (χ2n) is 7.98. The summed E-state index contributed by atoms with van der Waals surface area (Å²) < 4.78 is 18.8. The average Bonchev–Trinajstić information content (AvgIpc) is 2.82. The molecule has 3 aliphatic heterocycles. The first kappa shape index (κ1) is 14.5. The fraction of sp³-hybridized carbons (Fsp3) is 0.667. The lowest BCUT2D eigenvalue weighted by molar-refractivity contribution is -0.242. The minimum atomic E-state index is -0.518. The second-order valence-corrected chi connectivity index (χ2v) is 7.98. The molecule has 0 spiro atoms. The third kappa shape index (κ3) is 2.01. The number of rotatable bonds is 1. The van der Waals surface area contributed by atoms with Crippen LogP contribution in [0.25, 0.3) is 0 Å². The monoisotopic (exact) mass is 303 g/mol. The van der Waals surface area contributed by atoms with Gasteiger partial charge in [-0.25, -0.2) is 0 Å². The highest BCUT2D eigenvalue weighted by atomic mass is 16.8. The topological polar surface area (TPSA) is 53.7 Å². The smallest absolute Gasteiger partial charge is 0.164 e. The van der Waals surface area contributed by atoms with Gasteiger partial charge in [0.2, 0.25) is 0 Å². The Morgan fingerprint density at radius 2 is 1.41 bits per heavy atom. The molecule has 1 aromatic carbocycles. The van der Waals surface area contributed by atoms with Crippen molar-refractivity contribution in [2.45, 2.75) is 75.7 Å². The first-order valence-corrected chi connectivity index (χ1v) is 8.12. The van der Waals surface area contributed by atoms with Gasteiger partial charge in [-0.1, -0.05) is 12.1 Å². The molecule has 4 rings (SSSR count). The molecule has 22 heavy (non-hydrogen) atoms. The summed E-state index contributed by atoms with van der Waals surface area (Å²) in [6, 6.07) is 8.24. The zero-order valence-electron chi connectivity index (χ0n) is 13.8. The number of nitrogen functional groups attached to an aromatic ring is 1. The first-order chi connectivity index (χ1) is 10.2. The summed E-state index contributed by atoms with van der Waals surface area (Å²) in [5.74, 6) is -0.0689. The van der Waals surface area contributed by atoms with Crippen LogP contribution in [0.4, 0.5) is 5.69 Å². The third-order valence-corrected chi connectivity index (χ3v) is 5.48. The molecule has 1 aromatic rings. The molecule has 0 aromatic heterocycles. The molecular weight excluding hydrogens is 278 g/mol. The fourth-order valence-corrected chi connectivity index (χ4v) is 4.67. The number of hydrogen-bond acceptors (Lipinski definition) is 4. The molecule has 4 heteroatoms. The lowest BCUT2D eigenvalue weighted by Crippen LogP contribution is -2.46. The summed E-state index contributed by atoms with van der Waals surface area (Å²) in [6.07, 6.45) is 1.91. The van der Waals surface area contributed by atoms with E-state index in [0.717, 1.165) is 18.5 Å². The van der Waals surface area contributed by atoms with E-state index < -0.39 is 5.79 Å². The molecule has 4 nitrogen and oxygen atoms in total. The molecule has 120 valence electrons. The average molecular weight is 303 g/mol. The number of benzene rings is 1. The van der Waals surface area contributed by atoms with E-state index in [4.69, 9.17) is 19.9 Å². The Morgan fingerprint density at radius 3 is 1.91 bits per heavy atom. The Morgan fingerprint density at radius 1 is 0.909 bits per heavy atom. The summed E-state index contributed by atoms with van der Waals surface area (Å²) in [5.41, 5.74) is 7.36. The molecule has 0 radical (unpaired) electrons. The molecule has 3 fully saturated rings. The van der Waals surface area contributed by atoms with Gasteiger partial charge in [-0.3, -0.25) is 0 Å². The molecule has 3 unspecified atom stereocenters. The van der Waals surface area contributed by atoms with Crippen LogP contribution in [0.15, 0.2) is 24.3 Å². The molecule has 5 atom stereocenters. The van der Waals surface area contributed by atoms with Crippen molar-refractivity contribution in [1.82, 2.24) is 0 Å². The SMILES string of the molecule is CC1(C)OC2[C@@H](O1)[C@]1(C)CC(c3ccc(N)cc3)CC2(C)O1. The van der Waals surface area contributed by atoms with Crippen molar-refractivity contribution >= 4 is 5.69 Å². The van der Waals surface area contributed by atoms with E-state index in [1.165, 1.54) is 5.56 Å². The van der Waals surface area contributed by atoms with Crippen LogP contribution in [0.1, 0.15) is 52.0 Å². The van der Waals surface area contributed by atoms with Gasteiger partial charge in [-0.05, 0) is 64.2 Å². The molecule has 0 saturated carbocycles. The first-order valence-electron chi connectivity index (χ1n) is 8.12. The van der Waals surface area contributed by atoms with Gasteiger partial charge in [-0.2, -0.15) is 0 Å². The van der Waals surface area contributed by atoms with Crippen LogP contribution in [-0.2, 0) is 14.2 Å². The van der Waals surface area contributed by atoms with Crippen molar-refractivity contribution in [2.75, 3.05) is 5.73 Å². The van der Waals surface area contributed by atoms with Crippen LogP contribution < -0.4 is 5.73 Å². The second kappa shape index (κ2) is 4.25. The number of hydrogen-bond donors (Lipinski definition) is 1. The minimum absolute atomic E-state index is 0.00582. The molecular formula is C18H25NO3. The Labute approximate surface area is 131 Å². The molecule has 3 saturated heterocycles. The maximum Gasteiger partial charge on any atom is 0.164 e. The van der Waals surface area contributed by atoms with Crippen LogP contribution in [0.3, 0.4) is 0 Å². The van der Waals surface area contributed by atoms with Gasteiger partial charge in [-0.15, -0.1) is 0 Å². The van der Waals surface area contributed by atoms with Gasteiger partial charge >= 0.3 is 0 Å². The highest BCUT2D eigenvalue weighted by molar-refractivity contribution is 5.41. The zero-order valence-corrected chi connectivity index (χ0v) is 13.8. The number of fused-ring (bicyclic) bond motifs is 5. The van der Waals surface area contributed by atoms with Crippen LogP contribution >= 0.6 is 0 Å². The van der Waals surface area contributed by atoms with E-state index in [0.29, 0.717) is 5.92 Å². The minimum Gasteiger partial charge on any atom is -0.399 e. The largest absolute Gasteiger partial charge is 0.399 e. The summed E-state index contributed by atoms with van der Waals surface area (Å²) in [7, 11) is 0. The normalized spacial score (nSPS) is 45.7. The van der Waals surface area contributed by atoms with Gasteiger partial charge in [0.25, 0.3) is 0 Å². The Balaban J connectivity index is 1.67. The fourth-order valence-electron chi connectivity index (χ4n) is 4.67. The van der Waals surface area contributed by atoms with E-state index in [-0.39, 0.29) is 23.4 Å². The van der Waals surface area contributed by atoms with Crippen molar-refractivity contribution < 1.29 is 14.2 Å². The van der Waals surface area contributed by atoms with Gasteiger partial charge in [0, 0.05) is 5.69 Å². The van der Waals surface area contributed by atoms with Crippen molar-refractivity contribution in [3.8, 4) is 0 Å². The van der Waals surface area contributed by atoms with Crippen LogP contribution in [0.5, 0.6) is 0 Å². The Bertz CT molecular complexity index is 571. The summed E-state index contributed by atoms with van der Waals surface area (Å²) in [6.45, 7) is 8.32. The van der Waals surface area contributed by atoms with Crippen molar-refractivity contribution in [1.29, 1.82) is 0 Å². The van der Waals surface area contributed by atoms with E-state index in [1.807, 2.05) is 26.0 Å². The van der Waals surface area contributed by atoms with Gasteiger partial charge in [0.05, 0.1) is 11.2 Å². The maximum atomic E-state index is 6.43. The highest BCUT2D eigenvalue weighted by Gasteiger charge is 2.68. The molecule has 2 bridgehead atoms. The zero-order chi connectivity index (χ0) is 15.8. The maximum absolute atomic E-state index is 6.43. The van der Waals surface area contributed by atoms with Crippen LogP contribution in [0.2, 0.25) is 0 Å². The summed E-state index contributed by atoms with van der Waals surface area (Å²) in [5, 5.41) is 0. The molecule has 2 N–H and O–H groups in total. The van der Waals surface area contributed by atoms with E-state index >= 15 is 0 Å². The van der Waals surface area contributed by atoms with E-state index in [2.05, 4.69) is 26.0 Å². The van der Waals surface area contributed by atoms with E-state index in [9.17, 15) is 0 Å². The number of nitrogens with two attached hydrogens (primary N) is 1. The summed E-state index contributed by atoms with van der Waals surface area (Å²) >= 11 is 0. The van der Waals surface area contributed by atoms with Gasteiger partial charge in [0.15, 0.2) is 5.79 Å². The van der Waals surface area contributed by atoms with Crippen LogP contribution in [-0.4, -0.2) is 29.2 Å². The van der Waals surface area contributed by atoms with Gasteiger partial charge in [0.1, 0.15) is 12.2 Å². The summed E-state index contributed by atoms with van der Waals surface area (Å²) in [4.78, 5) is 0. The van der Waals surface area contributed by atoms with E-state index in [1.54, 1.807) is 0 Å². The number of anilines is 1. The van der Waals surface area contributed by atoms with Crippen LogP contribution in [0, 0.1) is 0 Å². The third-order valence-electron chi connectivity index (χ3n) is 5.48. The Hall–Kier alpha value is -1.10. The lowest BCUT2D eigenvalue weighted by Gasteiger charge is -2.43. The van der Waals surface area contributed by atoms with Crippen molar-refractivity contribution in [2.24, 2.45) is 0 Å². The molecule has 3 aliphatic rings. The quantitative estimate of drug-likeness (QED) is 0.809. The molecule has 3 heterocycles. The number of ether oxygens (including phenoxy) is 3. The highest BCUT2D eigenvalue weighted by Crippen LogP contribution is 2.58. The predicted octanol–water partition coefficient (Wildman–Crippen LogP) is 3.21. The molecule has 0 aliphatic carbocycles. The van der Waals surface area contributed by atoms with Crippen molar-refractivity contribution in [3.05, 3.63) is 29.8 Å². The van der Waals surface area contributed by atoms with Crippen molar-refractivity contribution in [3.63, 3.8) is 0 Å². The standard InChI is InChI=1S/C18H25NO3/c1-16(2)20-14-15(21-16)18(4)10-12(9-17(14,3)22-18)11-5-7-13(19)8-6-11/h5-8,12,14-15H,9-10,19H2,1-4H3/t12?,14-,15?,17+,18?/m1/s1. The lowest BCUT2D eigenvalue weighted by atomic mass is 9.80. The predicted molar refractivity (Wildman–Crippen MR) is 84.5 cm³/mol. The van der Waals surface area contributed by atoms with Gasteiger partial charge < -0.3 is 19.9 Å². The molecule has 0 amide bonds.